The minimum atomic E-state index is 0.847. The van der Waals surface area contributed by atoms with Crippen LogP contribution in [0, 0.1) is 6.92 Å². The van der Waals surface area contributed by atoms with Crippen molar-refractivity contribution in [2.75, 3.05) is 12.3 Å². The summed E-state index contributed by atoms with van der Waals surface area (Å²) in [5.74, 6) is 1.94. The van der Waals surface area contributed by atoms with Crippen LogP contribution in [-0.2, 0) is 0 Å². The molecule has 0 aliphatic carbocycles. The molecule has 0 radical (unpaired) electrons. The van der Waals surface area contributed by atoms with Crippen LogP contribution < -0.4 is 0 Å². The third kappa shape index (κ3) is 1.44. The van der Waals surface area contributed by atoms with Crippen molar-refractivity contribution in [1.82, 2.24) is 9.36 Å². The lowest BCUT2D eigenvalue weighted by Gasteiger charge is -1.87. The lowest BCUT2D eigenvalue weighted by Crippen LogP contribution is -1.89. The number of hydrogen-bond donors (Lipinski definition) is 0. The molecule has 1 aliphatic heterocycles. The van der Waals surface area contributed by atoms with E-state index in [4.69, 9.17) is 0 Å². The summed E-state index contributed by atoms with van der Waals surface area (Å²) in [4.78, 5) is 8.56. The Kier molecular flexibility index (Phi) is 1.91. The van der Waals surface area contributed by atoms with Gasteiger partial charge in [-0.25, -0.2) is 4.98 Å². The van der Waals surface area contributed by atoms with E-state index in [0.717, 1.165) is 28.2 Å². The molecule has 0 saturated carbocycles. The van der Waals surface area contributed by atoms with E-state index in [-0.39, 0.29) is 0 Å². The molecule has 0 spiro atoms. The van der Waals surface area contributed by atoms with Gasteiger partial charge in [-0.2, -0.15) is 4.37 Å². The van der Waals surface area contributed by atoms with Crippen molar-refractivity contribution in [3.63, 3.8) is 0 Å². The van der Waals surface area contributed by atoms with E-state index < -0.39 is 0 Å². The van der Waals surface area contributed by atoms with E-state index in [0.29, 0.717) is 0 Å². The molecule has 0 amide bonds. The minimum absolute atomic E-state index is 0.847. The topological polar surface area (TPSA) is 38.1 Å². The van der Waals surface area contributed by atoms with Crippen molar-refractivity contribution in [3.05, 3.63) is 10.8 Å². The molecule has 0 bridgehead atoms. The zero-order valence-corrected chi connectivity index (χ0v) is 7.71. The van der Waals surface area contributed by atoms with E-state index in [9.17, 15) is 0 Å². The Morgan fingerprint density at radius 1 is 1.45 bits per heavy atom. The number of aryl methyl sites for hydroxylation is 1. The summed E-state index contributed by atoms with van der Waals surface area (Å²) in [5, 5.41) is 2.04. The molecule has 0 atom stereocenters. The maximum atomic E-state index is 4.31. The molecule has 1 aliphatic rings. The lowest BCUT2D eigenvalue weighted by atomic mass is 10.7. The largest absolute Gasteiger partial charge is 0.274 e. The van der Waals surface area contributed by atoms with Crippen molar-refractivity contribution >= 4 is 28.3 Å². The first-order valence-electron chi connectivity index (χ1n) is 3.34. The second-order valence-corrected chi connectivity index (χ2v) is 4.02. The van der Waals surface area contributed by atoms with Crippen LogP contribution in [-0.4, -0.2) is 26.7 Å². The summed E-state index contributed by atoms with van der Waals surface area (Å²) >= 11 is 3.20. The zero-order valence-electron chi connectivity index (χ0n) is 6.07. The molecule has 0 fully saturated rings. The predicted octanol–water partition coefficient (Wildman–Crippen LogP) is 1.34. The number of hydrogen-bond acceptors (Lipinski definition) is 5. The van der Waals surface area contributed by atoms with Crippen LogP contribution >= 0.6 is 23.3 Å². The van der Waals surface area contributed by atoms with Crippen LogP contribution in [0.4, 0.5) is 0 Å². The molecular weight excluding hydrogens is 178 g/mol. The molecule has 1 aromatic heterocycles. The molecule has 0 unspecified atom stereocenters. The molecule has 5 heteroatoms. The zero-order chi connectivity index (χ0) is 7.68. The summed E-state index contributed by atoms with van der Waals surface area (Å²) in [5.41, 5.74) is 0. The van der Waals surface area contributed by atoms with Gasteiger partial charge in [-0.15, -0.1) is 11.8 Å². The van der Waals surface area contributed by atoms with Crippen molar-refractivity contribution in [1.29, 1.82) is 0 Å². The number of rotatable bonds is 1. The summed E-state index contributed by atoms with van der Waals surface area (Å²) < 4.78 is 4.10. The number of aromatic nitrogens is 2. The van der Waals surface area contributed by atoms with Gasteiger partial charge in [0.05, 0.1) is 0 Å². The number of nitrogens with zero attached hydrogens (tertiary/aromatic N) is 3. The fourth-order valence-electron chi connectivity index (χ4n) is 0.848. The molecule has 58 valence electrons. The molecule has 3 nitrogen and oxygen atoms in total. The van der Waals surface area contributed by atoms with Crippen molar-refractivity contribution < 1.29 is 0 Å². The predicted molar refractivity (Wildman–Crippen MR) is 48.5 cm³/mol. The van der Waals surface area contributed by atoms with Crippen LogP contribution in [0.25, 0.3) is 0 Å². The maximum Gasteiger partial charge on any atom is 0.168 e. The lowest BCUT2D eigenvalue weighted by molar-refractivity contribution is 1.15. The van der Waals surface area contributed by atoms with Crippen molar-refractivity contribution in [2.24, 2.45) is 4.99 Å². The Bertz CT molecular complexity index is 292. The van der Waals surface area contributed by atoms with E-state index in [1.54, 1.807) is 11.8 Å². The smallest absolute Gasteiger partial charge is 0.168 e. The highest BCUT2D eigenvalue weighted by Crippen LogP contribution is 2.19. The molecule has 0 aromatic carbocycles. The van der Waals surface area contributed by atoms with Gasteiger partial charge in [-0.05, 0) is 18.5 Å². The van der Waals surface area contributed by atoms with Gasteiger partial charge in [0.2, 0.25) is 0 Å². The van der Waals surface area contributed by atoms with Crippen LogP contribution in [0.5, 0.6) is 0 Å². The van der Waals surface area contributed by atoms with E-state index in [1.807, 2.05) is 6.92 Å². The highest BCUT2D eigenvalue weighted by molar-refractivity contribution is 8.14. The Labute approximate surface area is 73.1 Å². The van der Waals surface area contributed by atoms with Crippen LogP contribution in [0.2, 0.25) is 0 Å². The first-order valence-corrected chi connectivity index (χ1v) is 5.10. The molecule has 0 saturated heterocycles. The first-order chi connectivity index (χ1) is 5.36. The van der Waals surface area contributed by atoms with Crippen LogP contribution in [0.1, 0.15) is 10.8 Å². The summed E-state index contributed by atoms with van der Waals surface area (Å²) in [6.07, 6.45) is 0. The Morgan fingerprint density at radius 3 is 2.91 bits per heavy atom. The van der Waals surface area contributed by atoms with Gasteiger partial charge in [0.1, 0.15) is 10.9 Å². The monoisotopic (exact) mass is 185 g/mol. The van der Waals surface area contributed by atoms with Crippen molar-refractivity contribution in [2.45, 2.75) is 6.92 Å². The van der Waals surface area contributed by atoms with E-state index in [1.165, 1.54) is 11.5 Å². The third-order valence-electron chi connectivity index (χ3n) is 1.30. The van der Waals surface area contributed by atoms with E-state index >= 15 is 0 Å². The van der Waals surface area contributed by atoms with Gasteiger partial charge >= 0.3 is 0 Å². The van der Waals surface area contributed by atoms with Gasteiger partial charge < -0.3 is 0 Å². The fourth-order valence-corrected chi connectivity index (χ4v) is 2.44. The number of thioether (sulfide) groups is 1. The molecule has 1 aromatic rings. The second-order valence-electron chi connectivity index (χ2n) is 2.18. The van der Waals surface area contributed by atoms with Crippen molar-refractivity contribution in [3.8, 4) is 0 Å². The van der Waals surface area contributed by atoms with Gasteiger partial charge in [-0.3, -0.25) is 4.99 Å². The highest BCUT2D eigenvalue weighted by atomic mass is 32.2. The SMILES string of the molecule is Cc1nsc(C2=NCCS2)n1. The minimum Gasteiger partial charge on any atom is -0.274 e. The average molecular weight is 185 g/mol. The molecule has 2 rings (SSSR count). The standard InChI is InChI=1S/C6H7N3S2/c1-4-8-6(11-9-4)5-7-2-3-10-5/h2-3H2,1H3. The molecule has 2 heterocycles. The summed E-state index contributed by atoms with van der Waals surface area (Å²) in [6, 6.07) is 0. The van der Waals surface area contributed by atoms with Gasteiger partial charge in [-0.1, -0.05) is 0 Å². The first kappa shape index (κ1) is 7.24. The Hall–Kier alpha value is -0.420. The average Bonchev–Trinajstić information content (AvgIpc) is 2.55. The normalized spacial score (nSPS) is 17.0. The summed E-state index contributed by atoms with van der Waals surface area (Å²) in [7, 11) is 0. The second kappa shape index (κ2) is 2.91. The van der Waals surface area contributed by atoms with Crippen LogP contribution in [0.15, 0.2) is 4.99 Å². The summed E-state index contributed by atoms with van der Waals surface area (Å²) in [6.45, 7) is 2.83. The van der Waals surface area contributed by atoms with Gasteiger partial charge in [0.25, 0.3) is 0 Å². The molecule has 11 heavy (non-hydrogen) atoms. The third-order valence-corrected chi connectivity index (χ3v) is 3.22. The Balaban J connectivity index is 2.28. The highest BCUT2D eigenvalue weighted by Gasteiger charge is 2.13. The fraction of sp³-hybridized carbons (Fsp3) is 0.500. The number of aliphatic imine (C=N–C) groups is 1. The maximum absolute atomic E-state index is 4.31. The van der Waals surface area contributed by atoms with E-state index in [2.05, 4.69) is 14.3 Å². The molecule has 0 N–H and O–H groups in total. The van der Waals surface area contributed by atoms with Gasteiger partial charge in [0, 0.05) is 12.3 Å². The Morgan fingerprint density at radius 2 is 2.36 bits per heavy atom. The molecular formula is C6H7N3S2. The quantitative estimate of drug-likeness (QED) is 0.662. The van der Waals surface area contributed by atoms with Gasteiger partial charge in [0.15, 0.2) is 5.01 Å². The van der Waals surface area contributed by atoms with Crippen LogP contribution in [0.3, 0.4) is 0 Å².